The zero-order valence-electron chi connectivity index (χ0n) is 53.0. The number of amides is 3. The second kappa shape index (κ2) is 35.9. The van der Waals surface area contributed by atoms with Gasteiger partial charge in [-0.3, -0.25) is 14.4 Å². The summed E-state index contributed by atoms with van der Waals surface area (Å²) in [6.07, 6.45) is 38.2. The lowest BCUT2D eigenvalue weighted by molar-refractivity contribution is 0.0944. The van der Waals surface area contributed by atoms with Crippen LogP contribution in [0.4, 0.5) is 0 Å². The normalized spacial score (nSPS) is 11.5. The van der Waals surface area contributed by atoms with Crippen molar-refractivity contribution in [1.29, 1.82) is 0 Å². The van der Waals surface area contributed by atoms with Gasteiger partial charge in [0.1, 0.15) is 0 Å². The number of benzene rings is 7. The lowest BCUT2D eigenvalue weighted by Crippen LogP contribution is -2.24. The number of aryl methyl sites for hydroxylation is 3. The number of nitrogens with one attached hydrogen (secondary N) is 3. The van der Waals surface area contributed by atoms with E-state index in [0.29, 0.717) is 36.3 Å². The lowest BCUT2D eigenvalue weighted by Gasteiger charge is -2.19. The number of hydrogen-bond donors (Lipinski definition) is 3. The fourth-order valence-electron chi connectivity index (χ4n) is 12.5. The number of fused-ring (bicyclic) bond motifs is 6. The molecular formula is C78H105N3O3. The Morgan fingerprint density at radius 3 is 0.667 bits per heavy atom. The van der Waals surface area contributed by atoms with Gasteiger partial charge in [-0.25, -0.2) is 0 Å². The lowest BCUT2D eigenvalue weighted by atomic mass is 9.85. The predicted molar refractivity (Wildman–Crippen MR) is 362 cm³/mol. The first kappa shape index (κ1) is 65.3. The minimum absolute atomic E-state index is 0.0162. The fraction of sp³-hybridized carbons (Fsp3) is 0.500. The molecule has 0 aliphatic heterocycles. The van der Waals surface area contributed by atoms with Crippen LogP contribution >= 0.6 is 0 Å². The molecule has 84 heavy (non-hydrogen) atoms. The Morgan fingerprint density at radius 2 is 0.452 bits per heavy atom. The summed E-state index contributed by atoms with van der Waals surface area (Å²) in [5.74, 6) is -0.0485. The molecule has 0 radical (unpaired) electrons. The SMILES string of the molecule is CCCCCCCCCCCCNC(=O)c1ccc(-c2cc3c(cc2C)c2cc(-c4ccc(C(=O)NCCCCCCCCCCCC)cc4)c(C)cc2c2cc(-c4ccc(C(=O)NCCCCCCCCCCCC)cc4)c(C)cc32)cc1. The summed E-state index contributed by atoms with van der Waals surface area (Å²) in [5, 5.41) is 16.6. The molecule has 0 aliphatic carbocycles. The molecule has 0 aromatic heterocycles. The standard InChI is InChI=1S/C78H105N3O3/c1-7-10-13-16-19-22-25-28-31-34-49-79-76(82)64-43-37-61(38-44-64)67-55-73-70(52-58(67)4)74-56-68(62-39-45-65(46-40-62)77(83)80-50-35-32-29-26-23-20-17-14-11-8-2)60(6)54-72(74)75-57-69(59(5)53-71(73)75)63-41-47-66(48-42-63)78(84)81-51-36-33-30-27-24-21-18-15-12-9-3/h37-48,52-57H,7-36,49-51H2,1-6H3,(H,79,82)(H,80,83)(H,81,84). The molecule has 7 aromatic rings. The quantitative estimate of drug-likeness (QED) is 0.0265. The maximum atomic E-state index is 13.3. The molecule has 0 atom stereocenters. The van der Waals surface area contributed by atoms with Gasteiger partial charge in [-0.05, 0) is 177 Å². The van der Waals surface area contributed by atoms with Crippen molar-refractivity contribution in [2.24, 2.45) is 0 Å². The Hall–Kier alpha value is -6.27. The van der Waals surface area contributed by atoms with Crippen LogP contribution in [-0.4, -0.2) is 37.4 Å². The Kier molecular flexibility index (Phi) is 27.9. The third-order valence-corrected chi connectivity index (χ3v) is 17.8. The zero-order chi connectivity index (χ0) is 59.3. The summed E-state index contributed by atoms with van der Waals surface area (Å²) in [6, 6.07) is 38.5. The average Bonchev–Trinajstić information content (AvgIpc) is 0.896. The van der Waals surface area contributed by atoms with E-state index in [1.54, 1.807) is 0 Å². The molecule has 0 unspecified atom stereocenters. The van der Waals surface area contributed by atoms with Gasteiger partial charge in [0.25, 0.3) is 17.7 Å². The fourth-order valence-corrected chi connectivity index (χ4v) is 12.5. The number of rotatable bonds is 39. The van der Waals surface area contributed by atoms with Gasteiger partial charge in [0.05, 0.1) is 0 Å². The summed E-state index contributed by atoms with van der Waals surface area (Å²) in [6.45, 7) is 15.5. The van der Waals surface area contributed by atoms with E-state index in [-0.39, 0.29) is 17.7 Å². The highest BCUT2D eigenvalue weighted by Gasteiger charge is 2.18. The molecule has 7 aromatic carbocycles. The van der Waals surface area contributed by atoms with Crippen LogP contribution in [-0.2, 0) is 0 Å². The van der Waals surface area contributed by atoms with Crippen molar-refractivity contribution in [3.63, 3.8) is 0 Å². The largest absolute Gasteiger partial charge is 0.352 e. The second-order valence-corrected chi connectivity index (χ2v) is 24.7. The first-order chi connectivity index (χ1) is 41.1. The molecule has 0 saturated heterocycles. The van der Waals surface area contributed by atoms with Crippen LogP contribution in [0.3, 0.4) is 0 Å². The summed E-state index contributed by atoms with van der Waals surface area (Å²) in [5.41, 5.74) is 12.2. The Bertz CT molecular complexity index is 2770. The Labute approximate surface area is 507 Å². The van der Waals surface area contributed by atoms with Gasteiger partial charge in [0, 0.05) is 36.3 Å². The van der Waals surface area contributed by atoms with Crippen molar-refractivity contribution >= 4 is 50.0 Å². The highest BCUT2D eigenvalue weighted by Crippen LogP contribution is 2.43. The van der Waals surface area contributed by atoms with Crippen LogP contribution < -0.4 is 16.0 Å². The molecule has 0 bridgehead atoms. The number of unbranched alkanes of at least 4 members (excludes halogenated alkanes) is 27. The minimum atomic E-state index is -0.0162. The molecular weight excluding hydrogens is 1030 g/mol. The van der Waals surface area contributed by atoms with E-state index < -0.39 is 0 Å². The van der Waals surface area contributed by atoms with Crippen LogP contribution in [0.2, 0.25) is 0 Å². The van der Waals surface area contributed by atoms with Gasteiger partial charge in [0.15, 0.2) is 0 Å². The van der Waals surface area contributed by atoms with E-state index in [2.05, 4.69) is 130 Å². The molecule has 0 spiro atoms. The number of carbonyl (C=O) groups is 3. The van der Waals surface area contributed by atoms with Crippen molar-refractivity contribution in [1.82, 2.24) is 16.0 Å². The van der Waals surface area contributed by atoms with E-state index in [1.807, 2.05) is 36.4 Å². The Balaban J connectivity index is 1.10. The molecule has 0 heterocycles. The van der Waals surface area contributed by atoms with E-state index in [1.165, 1.54) is 186 Å². The first-order valence-electron chi connectivity index (χ1n) is 33.7. The van der Waals surface area contributed by atoms with Gasteiger partial charge < -0.3 is 16.0 Å². The zero-order valence-corrected chi connectivity index (χ0v) is 53.0. The average molecular weight is 1130 g/mol. The third kappa shape index (κ3) is 19.6. The summed E-state index contributed by atoms with van der Waals surface area (Å²) in [7, 11) is 0. The van der Waals surface area contributed by atoms with Crippen LogP contribution in [0.5, 0.6) is 0 Å². The highest BCUT2D eigenvalue weighted by atomic mass is 16.2. The molecule has 0 aliphatic rings. The topological polar surface area (TPSA) is 87.3 Å². The maximum absolute atomic E-state index is 13.3. The van der Waals surface area contributed by atoms with Crippen LogP contribution in [0.25, 0.3) is 65.7 Å². The van der Waals surface area contributed by atoms with Crippen molar-refractivity contribution in [2.75, 3.05) is 19.6 Å². The summed E-state index contributed by atoms with van der Waals surface area (Å²) >= 11 is 0. The predicted octanol–water partition coefficient (Wildman–Crippen LogP) is 22.0. The van der Waals surface area contributed by atoms with E-state index in [4.69, 9.17) is 0 Å². The maximum Gasteiger partial charge on any atom is 0.251 e. The molecule has 7 rings (SSSR count). The molecule has 6 nitrogen and oxygen atoms in total. The first-order valence-corrected chi connectivity index (χ1v) is 33.7. The second-order valence-electron chi connectivity index (χ2n) is 24.7. The summed E-state index contributed by atoms with van der Waals surface area (Å²) < 4.78 is 0. The van der Waals surface area contributed by atoms with Crippen molar-refractivity contribution in [2.45, 2.75) is 234 Å². The van der Waals surface area contributed by atoms with Crippen LogP contribution in [0.1, 0.15) is 261 Å². The smallest absolute Gasteiger partial charge is 0.251 e. The van der Waals surface area contributed by atoms with Crippen LogP contribution in [0, 0.1) is 20.8 Å². The monoisotopic (exact) mass is 1130 g/mol. The molecule has 450 valence electrons. The molecule has 3 N–H and O–H groups in total. The number of hydrogen-bond acceptors (Lipinski definition) is 3. The van der Waals surface area contributed by atoms with E-state index in [0.717, 1.165) is 88.6 Å². The molecule has 0 saturated carbocycles. The minimum Gasteiger partial charge on any atom is -0.352 e. The van der Waals surface area contributed by atoms with Gasteiger partial charge in [-0.15, -0.1) is 0 Å². The van der Waals surface area contributed by atoms with Gasteiger partial charge in [-0.1, -0.05) is 249 Å². The third-order valence-electron chi connectivity index (χ3n) is 17.8. The van der Waals surface area contributed by atoms with Gasteiger partial charge >= 0.3 is 0 Å². The van der Waals surface area contributed by atoms with Crippen molar-refractivity contribution in [3.05, 3.63) is 143 Å². The van der Waals surface area contributed by atoms with Crippen molar-refractivity contribution < 1.29 is 14.4 Å². The molecule has 6 heteroatoms. The van der Waals surface area contributed by atoms with Crippen molar-refractivity contribution in [3.8, 4) is 33.4 Å². The van der Waals surface area contributed by atoms with Crippen LogP contribution in [0.15, 0.2) is 109 Å². The molecule has 3 amide bonds. The van der Waals surface area contributed by atoms with Gasteiger partial charge in [-0.2, -0.15) is 0 Å². The summed E-state index contributed by atoms with van der Waals surface area (Å²) in [4.78, 5) is 40.0. The Morgan fingerprint density at radius 1 is 0.262 bits per heavy atom. The van der Waals surface area contributed by atoms with E-state index >= 15 is 0 Å². The number of carbonyl (C=O) groups excluding carboxylic acids is 3. The molecule has 0 fully saturated rings. The van der Waals surface area contributed by atoms with E-state index in [9.17, 15) is 14.4 Å². The van der Waals surface area contributed by atoms with Gasteiger partial charge in [0.2, 0.25) is 0 Å². The highest BCUT2D eigenvalue weighted by molar-refractivity contribution is 6.27.